The first kappa shape index (κ1) is 14.9. The molecule has 0 spiro atoms. The quantitative estimate of drug-likeness (QED) is 0.915. The van der Waals surface area contributed by atoms with Crippen LogP contribution >= 0.6 is 11.8 Å². The molecule has 0 bridgehead atoms. The van der Waals surface area contributed by atoms with Gasteiger partial charge in [0.2, 0.25) is 0 Å². The zero-order valence-corrected chi connectivity index (χ0v) is 13.0. The minimum atomic E-state index is -0.335. The Kier molecular flexibility index (Phi) is 5.31. The van der Waals surface area contributed by atoms with Crippen molar-refractivity contribution in [2.75, 3.05) is 18.8 Å². The van der Waals surface area contributed by atoms with E-state index in [4.69, 9.17) is 0 Å². The minimum absolute atomic E-state index is 0.335. The van der Waals surface area contributed by atoms with Crippen LogP contribution in [-0.4, -0.2) is 40.1 Å². The normalized spacial score (nSPS) is 26.3. The lowest BCUT2D eigenvalue weighted by atomic mass is 10.0. The van der Waals surface area contributed by atoms with E-state index in [0.29, 0.717) is 11.3 Å². The Labute approximate surface area is 121 Å². The average Bonchev–Trinajstić information content (AvgIpc) is 2.41. The van der Waals surface area contributed by atoms with Gasteiger partial charge in [-0.1, -0.05) is 36.8 Å². The fourth-order valence-electron chi connectivity index (χ4n) is 2.55. The molecule has 3 unspecified atom stereocenters. The molecule has 0 saturated carbocycles. The molecular weight excluding hydrogens is 254 g/mol. The maximum atomic E-state index is 10.3. The summed E-state index contributed by atoms with van der Waals surface area (Å²) in [6, 6.07) is 8.83. The van der Waals surface area contributed by atoms with E-state index in [0.717, 1.165) is 25.1 Å². The van der Waals surface area contributed by atoms with E-state index in [-0.39, 0.29) is 6.10 Å². The van der Waals surface area contributed by atoms with E-state index in [2.05, 4.69) is 49.6 Å². The maximum absolute atomic E-state index is 10.3. The highest BCUT2D eigenvalue weighted by molar-refractivity contribution is 8.00. The highest BCUT2D eigenvalue weighted by Gasteiger charge is 2.25. The largest absolute Gasteiger partial charge is 0.388 e. The first-order chi connectivity index (χ1) is 9.08. The van der Waals surface area contributed by atoms with Crippen LogP contribution in [0.2, 0.25) is 0 Å². The van der Waals surface area contributed by atoms with Crippen LogP contribution in [-0.2, 0) is 0 Å². The van der Waals surface area contributed by atoms with E-state index in [1.54, 1.807) is 0 Å². The van der Waals surface area contributed by atoms with Gasteiger partial charge >= 0.3 is 0 Å². The van der Waals surface area contributed by atoms with Crippen molar-refractivity contribution < 1.29 is 5.11 Å². The molecule has 1 saturated heterocycles. The van der Waals surface area contributed by atoms with Gasteiger partial charge in [-0.05, 0) is 25.8 Å². The highest BCUT2D eigenvalue weighted by Crippen LogP contribution is 2.25. The summed E-state index contributed by atoms with van der Waals surface area (Å²) in [5.74, 6) is 1.21. The lowest BCUT2D eigenvalue weighted by Crippen LogP contribution is -2.45. The second-order valence-corrected chi connectivity index (χ2v) is 7.05. The van der Waals surface area contributed by atoms with Crippen LogP contribution in [0.25, 0.3) is 0 Å². The van der Waals surface area contributed by atoms with Crippen molar-refractivity contribution in [1.29, 1.82) is 0 Å². The van der Waals surface area contributed by atoms with Crippen LogP contribution in [0.5, 0.6) is 0 Å². The molecule has 1 heterocycles. The summed E-state index contributed by atoms with van der Waals surface area (Å²) in [5.41, 5.74) is 2.28. The van der Waals surface area contributed by atoms with Gasteiger partial charge in [0, 0.05) is 30.1 Å². The van der Waals surface area contributed by atoms with Crippen LogP contribution in [0.1, 0.15) is 37.5 Å². The summed E-state index contributed by atoms with van der Waals surface area (Å²) in [4.78, 5) is 2.51. The highest BCUT2D eigenvalue weighted by atomic mass is 32.2. The van der Waals surface area contributed by atoms with Crippen molar-refractivity contribution in [3.63, 3.8) is 0 Å². The van der Waals surface area contributed by atoms with E-state index < -0.39 is 0 Å². The zero-order chi connectivity index (χ0) is 13.8. The topological polar surface area (TPSA) is 23.5 Å². The van der Waals surface area contributed by atoms with Crippen molar-refractivity contribution in [2.45, 2.75) is 44.6 Å². The van der Waals surface area contributed by atoms with Crippen LogP contribution in [0, 0.1) is 6.92 Å². The summed E-state index contributed by atoms with van der Waals surface area (Å²) in [6.45, 7) is 8.81. The number of aryl methyl sites for hydroxylation is 1. The van der Waals surface area contributed by atoms with E-state index in [9.17, 15) is 5.11 Å². The number of nitrogens with zero attached hydrogens (tertiary/aromatic N) is 1. The second kappa shape index (κ2) is 6.78. The van der Waals surface area contributed by atoms with Gasteiger partial charge in [0.25, 0.3) is 0 Å². The molecule has 0 aromatic heterocycles. The fraction of sp³-hybridized carbons (Fsp3) is 0.625. The molecule has 3 atom stereocenters. The number of rotatable bonds is 4. The summed E-state index contributed by atoms with van der Waals surface area (Å²) in [6.07, 6.45) is 0.489. The van der Waals surface area contributed by atoms with Gasteiger partial charge in [0.15, 0.2) is 0 Å². The summed E-state index contributed by atoms with van der Waals surface area (Å²) in [5, 5.41) is 11.0. The Morgan fingerprint density at radius 2 is 2.00 bits per heavy atom. The Morgan fingerprint density at radius 1 is 1.32 bits per heavy atom. The molecule has 19 heavy (non-hydrogen) atoms. The molecule has 1 aliphatic rings. The standard InChI is InChI=1S/C16H25NOS/c1-12-4-6-15(7-5-12)16(18)8-9-17-10-11-19-14(3)13(17)2/h4-7,13-14,16,18H,8-11H2,1-3H3. The molecule has 0 amide bonds. The third-order valence-corrected chi connectivity index (χ3v) is 5.50. The number of hydrogen-bond acceptors (Lipinski definition) is 3. The number of aliphatic hydroxyl groups is 1. The second-order valence-electron chi connectivity index (χ2n) is 5.57. The molecule has 1 fully saturated rings. The van der Waals surface area contributed by atoms with Gasteiger partial charge in [0.05, 0.1) is 6.10 Å². The Morgan fingerprint density at radius 3 is 2.68 bits per heavy atom. The number of benzene rings is 1. The maximum Gasteiger partial charge on any atom is 0.0802 e. The molecule has 1 aliphatic heterocycles. The van der Waals surface area contributed by atoms with Gasteiger partial charge in [-0.25, -0.2) is 0 Å². The average molecular weight is 279 g/mol. The van der Waals surface area contributed by atoms with Crippen LogP contribution in [0.3, 0.4) is 0 Å². The van der Waals surface area contributed by atoms with Gasteiger partial charge < -0.3 is 5.11 Å². The summed E-state index contributed by atoms with van der Waals surface area (Å²) >= 11 is 2.06. The first-order valence-corrected chi connectivity index (χ1v) is 8.23. The first-order valence-electron chi connectivity index (χ1n) is 7.18. The summed E-state index contributed by atoms with van der Waals surface area (Å²) < 4.78 is 0. The predicted octanol–water partition coefficient (Wildman–Crippen LogP) is 3.24. The monoisotopic (exact) mass is 279 g/mol. The summed E-state index contributed by atoms with van der Waals surface area (Å²) in [7, 11) is 0. The van der Waals surface area contributed by atoms with Crippen LogP contribution < -0.4 is 0 Å². The molecule has 106 valence electrons. The Bertz CT molecular complexity index is 392. The molecule has 0 radical (unpaired) electrons. The molecule has 3 heteroatoms. The lowest BCUT2D eigenvalue weighted by molar-refractivity contribution is 0.128. The predicted molar refractivity (Wildman–Crippen MR) is 83.7 cm³/mol. The van der Waals surface area contributed by atoms with E-state index >= 15 is 0 Å². The third kappa shape index (κ3) is 3.98. The zero-order valence-electron chi connectivity index (χ0n) is 12.2. The number of aliphatic hydroxyl groups excluding tert-OH is 1. The number of hydrogen-bond donors (Lipinski definition) is 1. The van der Waals surface area contributed by atoms with Crippen molar-refractivity contribution in [2.24, 2.45) is 0 Å². The van der Waals surface area contributed by atoms with Crippen LogP contribution in [0.15, 0.2) is 24.3 Å². The molecule has 1 N–H and O–H groups in total. The SMILES string of the molecule is Cc1ccc(C(O)CCN2CCSC(C)C2C)cc1. The smallest absolute Gasteiger partial charge is 0.0802 e. The van der Waals surface area contributed by atoms with Gasteiger partial charge in [0.1, 0.15) is 0 Å². The van der Waals surface area contributed by atoms with E-state index in [1.165, 1.54) is 11.3 Å². The van der Waals surface area contributed by atoms with Crippen molar-refractivity contribution in [3.05, 3.63) is 35.4 Å². The van der Waals surface area contributed by atoms with Gasteiger partial charge in [-0.3, -0.25) is 4.90 Å². The van der Waals surface area contributed by atoms with Gasteiger partial charge in [-0.2, -0.15) is 11.8 Å². The van der Waals surface area contributed by atoms with Crippen molar-refractivity contribution in [1.82, 2.24) is 4.90 Å². The molecule has 2 rings (SSSR count). The lowest BCUT2D eigenvalue weighted by Gasteiger charge is -2.37. The van der Waals surface area contributed by atoms with E-state index in [1.807, 2.05) is 12.1 Å². The van der Waals surface area contributed by atoms with Crippen molar-refractivity contribution >= 4 is 11.8 Å². The molecule has 1 aromatic carbocycles. The van der Waals surface area contributed by atoms with Crippen LogP contribution in [0.4, 0.5) is 0 Å². The Hall–Kier alpha value is -0.510. The Balaban J connectivity index is 1.86. The fourth-order valence-corrected chi connectivity index (χ4v) is 3.72. The molecule has 2 nitrogen and oxygen atoms in total. The number of thioether (sulfide) groups is 1. The minimum Gasteiger partial charge on any atom is -0.388 e. The van der Waals surface area contributed by atoms with Crippen molar-refractivity contribution in [3.8, 4) is 0 Å². The third-order valence-electron chi connectivity index (χ3n) is 4.17. The molecular formula is C16H25NOS. The molecule has 1 aromatic rings. The van der Waals surface area contributed by atoms with Gasteiger partial charge in [-0.15, -0.1) is 0 Å². The molecule has 0 aliphatic carbocycles.